The van der Waals surface area contributed by atoms with Crippen LogP contribution in [0.5, 0.6) is 0 Å². The molecule has 0 unspecified atom stereocenters. The highest BCUT2D eigenvalue weighted by Crippen LogP contribution is 2.17. The molecule has 0 aliphatic carbocycles. The summed E-state index contributed by atoms with van der Waals surface area (Å²) in [4.78, 5) is 0.374. The molecule has 0 atom stereocenters. The van der Waals surface area contributed by atoms with Crippen LogP contribution in [0, 0.1) is 0 Å². The van der Waals surface area contributed by atoms with Crippen LogP contribution in [0.25, 0.3) is 0 Å². The van der Waals surface area contributed by atoms with Gasteiger partial charge in [-0.2, -0.15) is 0 Å². The standard InChI is InChI=1S/C6H10O3S/c1-5-6(2)10(7,8)4-3-9-5/h3-4H2,1-2H3. The van der Waals surface area contributed by atoms with Gasteiger partial charge in [0.2, 0.25) is 0 Å². The molecule has 58 valence electrons. The Balaban J connectivity index is 3.14. The molecule has 1 aliphatic rings. The lowest BCUT2D eigenvalue weighted by molar-refractivity contribution is 0.226. The number of sulfone groups is 1. The van der Waals surface area contributed by atoms with Crippen molar-refractivity contribution in [2.75, 3.05) is 12.4 Å². The van der Waals surface area contributed by atoms with Crippen molar-refractivity contribution >= 4 is 9.84 Å². The molecule has 0 aromatic carbocycles. The number of rotatable bonds is 0. The highest BCUT2D eigenvalue weighted by molar-refractivity contribution is 7.95. The molecule has 1 heterocycles. The molecule has 0 aromatic rings. The Bertz CT molecular complexity index is 261. The molecule has 0 spiro atoms. The van der Waals surface area contributed by atoms with E-state index in [0.717, 1.165) is 0 Å². The number of ether oxygens (including phenoxy) is 1. The van der Waals surface area contributed by atoms with Crippen LogP contribution in [0.1, 0.15) is 13.8 Å². The van der Waals surface area contributed by atoms with Gasteiger partial charge in [-0.25, -0.2) is 8.42 Å². The van der Waals surface area contributed by atoms with Gasteiger partial charge in [-0.1, -0.05) is 0 Å². The van der Waals surface area contributed by atoms with Crippen LogP contribution < -0.4 is 0 Å². The van der Waals surface area contributed by atoms with Gasteiger partial charge in [0.05, 0.1) is 10.7 Å². The second-order valence-corrected chi connectivity index (χ2v) is 4.53. The van der Waals surface area contributed by atoms with Gasteiger partial charge >= 0.3 is 0 Å². The first-order chi connectivity index (χ1) is 4.54. The highest BCUT2D eigenvalue weighted by atomic mass is 32.2. The summed E-state index contributed by atoms with van der Waals surface area (Å²) >= 11 is 0. The maximum atomic E-state index is 11.1. The van der Waals surface area contributed by atoms with Gasteiger partial charge in [-0.3, -0.25) is 0 Å². The van der Waals surface area contributed by atoms with Crippen LogP contribution in [0.4, 0.5) is 0 Å². The first kappa shape index (κ1) is 7.60. The summed E-state index contributed by atoms with van der Waals surface area (Å²) in [6, 6.07) is 0. The maximum Gasteiger partial charge on any atom is 0.180 e. The van der Waals surface area contributed by atoms with Crippen molar-refractivity contribution in [3.63, 3.8) is 0 Å². The molecule has 1 aliphatic heterocycles. The predicted molar refractivity (Wildman–Crippen MR) is 38.1 cm³/mol. The first-order valence-electron chi connectivity index (χ1n) is 3.07. The molecule has 1 rings (SSSR count). The van der Waals surface area contributed by atoms with Crippen LogP contribution in [0.15, 0.2) is 10.7 Å². The van der Waals surface area contributed by atoms with Crippen molar-refractivity contribution in [3.05, 3.63) is 10.7 Å². The molecule has 3 nitrogen and oxygen atoms in total. The van der Waals surface area contributed by atoms with Crippen molar-refractivity contribution in [1.29, 1.82) is 0 Å². The van der Waals surface area contributed by atoms with Crippen molar-refractivity contribution in [3.8, 4) is 0 Å². The van der Waals surface area contributed by atoms with E-state index in [1.165, 1.54) is 0 Å². The summed E-state index contributed by atoms with van der Waals surface area (Å²) in [5, 5.41) is 0. The fourth-order valence-electron chi connectivity index (χ4n) is 0.778. The summed E-state index contributed by atoms with van der Waals surface area (Å²) in [6.45, 7) is 3.54. The quantitative estimate of drug-likeness (QED) is 0.526. The van der Waals surface area contributed by atoms with E-state index in [4.69, 9.17) is 4.74 Å². The molecule has 0 fully saturated rings. The smallest absolute Gasteiger partial charge is 0.180 e. The Morgan fingerprint density at radius 3 is 2.40 bits per heavy atom. The zero-order valence-corrected chi connectivity index (χ0v) is 6.86. The lowest BCUT2D eigenvalue weighted by Crippen LogP contribution is -2.19. The predicted octanol–water partition coefficient (Wildman–Crippen LogP) is 0.683. The number of hydrogen-bond acceptors (Lipinski definition) is 3. The lowest BCUT2D eigenvalue weighted by atomic mass is 10.5. The number of allylic oxidation sites excluding steroid dienone is 2. The van der Waals surface area contributed by atoms with E-state index in [1.807, 2.05) is 0 Å². The van der Waals surface area contributed by atoms with Crippen LogP contribution in [-0.4, -0.2) is 20.8 Å². The largest absolute Gasteiger partial charge is 0.496 e. The summed E-state index contributed by atoms with van der Waals surface area (Å²) in [5.41, 5.74) is 0. The first-order valence-corrected chi connectivity index (χ1v) is 4.72. The molecule has 0 N–H and O–H groups in total. The van der Waals surface area contributed by atoms with Crippen molar-refractivity contribution in [2.24, 2.45) is 0 Å². The Kier molecular flexibility index (Phi) is 1.72. The topological polar surface area (TPSA) is 43.4 Å². The summed E-state index contributed by atoms with van der Waals surface area (Å²) in [7, 11) is -2.96. The van der Waals surface area contributed by atoms with Crippen LogP contribution in [-0.2, 0) is 14.6 Å². The van der Waals surface area contributed by atoms with E-state index in [1.54, 1.807) is 13.8 Å². The molecule has 0 amide bonds. The monoisotopic (exact) mass is 162 g/mol. The van der Waals surface area contributed by atoms with Gasteiger partial charge in [-0.15, -0.1) is 0 Å². The van der Waals surface area contributed by atoms with Crippen LogP contribution >= 0.6 is 0 Å². The Hall–Kier alpha value is -0.510. The Labute approximate surface area is 60.6 Å². The maximum absolute atomic E-state index is 11.1. The van der Waals surface area contributed by atoms with Crippen LogP contribution in [0.3, 0.4) is 0 Å². The molecule has 0 bridgehead atoms. The second-order valence-electron chi connectivity index (χ2n) is 2.28. The van der Waals surface area contributed by atoms with E-state index >= 15 is 0 Å². The average molecular weight is 162 g/mol. The molecule has 0 saturated heterocycles. The van der Waals surface area contributed by atoms with E-state index in [-0.39, 0.29) is 5.75 Å². The number of hydrogen-bond donors (Lipinski definition) is 0. The van der Waals surface area contributed by atoms with Crippen molar-refractivity contribution in [2.45, 2.75) is 13.8 Å². The van der Waals surface area contributed by atoms with Gasteiger partial charge in [0, 0.05) is 0 Å². The SMILES string of the molecule is CC1=C(C)S(=O)(=O)CCO1. The fraction of sp³-hybridized carbons (Fsp3) is 0.667. The molecule has 0 aromatic heterocycles. The third kappa shape index (κ3) is 1.16. The van der Waals surface area contributed by atoms with Gasteiger partial charge in [-0.05, 0) is 13.8 Å². The average Bonchev–Trinajstić information content (AvgIpc) is 1.83. The summed E-state index contributed by atoms with van der Waals surface area (Å²) in [5.74, 6) is 0.655. The summed E-state index contributed by atoms with van der Waals surface area (Å²) < 4.78 is 27.1. The minimum atomic E-state index is -2.96. The highest BCUT2D eigenvalue weighted by Gasteiger charge is 2.21. The zero-order chi connectivity index (χ0) is 7.78. The van der Waals surface area contributed by atoms with Crippen molar-refractivity contribution < 1.29 is 13.2 Å². The van der Waals surface area contributed by atoms with E-state index in [0.29, 0.717) is 17.3 Å². The second kappa shape index (κ2) is 2.27. The molecular weight excluding hydrogens is 152 g/mol. The third-order valence-corrected chi connectivity index (χ3v) is 3.56. The zero-order valence-electron chi connectivity index (χ0n) is 6.05. The Morgan fingerprint density at radius 2 is 2.00 bits per heavy atom. The van der Waals surface area contributed by atoms with Gasteiger partial charge in [0.25, 0.3) is 0 Å². The minimum Gasteiger partial charge on any atom is -0.496 e. The molecule has 0 saturated carbocycles. The van der Waals surface area contributed by atoms with E-state index < -0.39 is 9.84 Å². The molecule has 4 heteroatoms. The van der Waals surface area contributed by atoms with Gasteiger partial charge < -0.3 is 4.74 Å². The van der Waals surface area contributed by atoms with E-state index in [9.17, 15) is 8.42 Å². The third-order valence-electron chi connectivity index (χ3n) is 1.63. The Morgan fingerprint density at radius 1 is 1.40 bits per heavy atom. The van der Waals surface area contributed by atoms with Gasteiger partial charge in [0.15, 0.2) is 9.84 Å². The molecule has 10 heavy (non-hydrogen) atoms. The van der Waals surface area contributed by atoms with E-state index in [2.05, 4.69) is 0 Å². The lowest BCUT2D eigenvalue weighted by Gasteiger charge is -2.15. The normalized spacial score (nSPS) is 24.2. The fourth-order valence-corrected chi connectivity index (χ4v) is 1.88. The van der Waals surface area contributed by atoms with Crippen LogP contribution in [0.2, 0.25) is 0 Å². The molecule has 0 radical (unpaired) electrons. The summed E-state index contributed by atoms with van der Waals surface area (Å²) in [6.07, 6.45) is 0. The van der Waals surface area contributed by atoms with Crippen molar-refractivity contribution in [1.82, 2.24) is 0 Å². The minimum absolute atomic E-state index is 0.121. The van der Waals surface area contributed by atoms with Gasteiger partial charge in [0.1, 0.15) is 12.4 Å². The molecular formula is C6H10O3S.